The van der Waals surface area contributed by atoms with Gasteiger partial charge >= 0.3 is 6.09 Å². The van der Waals surface area contributed by atoms with E-state index in [9.17, 15) is 9.59 Å². The van der Waals surface area contributed by atoms with Crippen LogP contribution in [-0.2, 0) is 4.79 Å². The molecule has 0 aromatic heterocycles. The maximum absolute atomic E-state index is 12.4. The predicted octanol–water partition coefficient (Wildman–Crippen LogP) is 2.56. The fourth-order valence-corrected chi connectivity index (χ4v) is 4.95. The summed E-state index contributed by atoms with van der Waals surface area (Å²) in [6.45, 7) is 6.41. The maximum Gasteiger partial charge on any atom is 0.407 e. The molecule has 0 spiro atoms. The highest BCUT2D eigenvalue weighted by Crippen LogP contribution is 2.61. The monoisotopic (exact) mass is 308 g/mol. The predicted molar refractivity (Wildman–Crippen MR) is 83.4 cm³/mol. The molecule has 0 aromatic carbocycles. The molecule has 2 amide bonds. The molecule has 2 bridgehead atoms. The van der Waals surface area contributed by atoms with E-state index in [4.69, 9.17) is 5.11 Å². The van der Waals surface area contributed by atoms with Crippen molar-refractivity contribution in [1.82, 2.24) is 10.2 Å². The fraction of sp³-hybridized carbons (Fsp3) is 0.882. The first kappa shape index (κ1) is 15.6. The van der Waals surface area contributed by atoms with Gasteiger partial charge in [-0.25, -0.2) is 4.79 Å². The number of fused-ring (bicyclic) bond motifs is 2. The minimum Gasteiger partial charge on any atom is -0.465 e. The fourth-order valence-electron chi connectivity index (χ4n) is 4.95. The molecule has 1 heterocycles. The smallest absolute Gasteiger partial charge is 0.407 e. The number of nitrogens with one attached hydrogen (secondary N) is 1. The molecule has 4 aliphatic rings. The van der Waals surface area contributed by atoms with Crippen molar-refractivity contribution in [2.24, 2.45) is 29.1 Å². The number of hydrogen-bond donors (Lipinski definition) is 2. The number of piperidine rings is 1. The van der Waals surface area contributed by atoms with E-state index in [0.29, 0.717) is 24.4 Å². The molecule has 2 N–H and O–H groups in total. The molecule has 5 heteroatoms. The van der Waals surface area contributed by atoms with Gasteiger partial charge in [0.25, 0.3) is 0 Å². The summed E-state index contributed by atoms with van der Waals surface area (Å²) >= 11 is 0. The number of carboxylic acid groups (broad SMARTS) is 1. The van der Waals surface area contributed by atoms with Crippen molar-refractivity contribution in [3.8, 4) is 0 Å². The number of carbonyl (C=O) groups excluding carboxylic acids is 1. The Bertz CT molecular complexity index is 461. The third kappa shape index (κ3) is 2.70. The highest BCUT2D eigenvalue weighted by atomic mass is 16.4. The zero-order chi connectivity index (χ0) is 15.9. The first-order valence-electron chi connectivity index (χ1n) is 8.65. The minimum atomic E-state index is -0.910. The number of nitrogens with zero attached hydrogens (tertiary/aromatic N) is 1. The average Bonchev–Trinajstić information content (AvgIpc) is 2.52. The van der Waals surface area contributed by atoms with Gasteiger partial charge in [0.1, 0.15) is 0 Å². The number of likely N-dealkylation sites (tertiary alicyclic amines) is 1. The van der Waals surface area contributed by atoms with Crippen LogP contribution in [0.5, 0.6) is 0 Å². The van der Waals surface area contributed by atoms with Crippen LogP contribution < -0.4 is 5.32 Å². The molecule has 0 radical (unpaired) electrons. The molecule has 124 valence electrons. The number of hydrogen-bond acceptors (Lipinski definition) is 2. The van der Waals surface area contributed by atoms with Gasteiger partial charge in [0.2, 0.25) is 5.91 Å². The number of rotatable bonds is 3. The zero-order valence-corrected chi connectivity index (χ0v) is 13.7. The molecule has 1 unspecified atom stereocenters. The molecule has 4 atom stereocenters. The second-order valence-electron chi connectivity index (χ2n) is 8.01. The number of carbonyl (C=O) groups is 2. The van der Waals surface area contributed by atoms with Crippen molar-refractivity contribution in [1.29, 1.82) is 0 Å². The summed E-state index contributed by atoms with van der Waals surface area (Å²) in [4.78, 5) is 24.8. The van der Waals surface area contributed by atoms with E-state index in [0.717, 1.165) is 31.2 Å². The Balaban J connectivity index is 1.49. The molecule has 1 aliphatic heterocycles. The third-order valence-corrected chi connectivity index (χ3v) is 6.60. The van der Waals surface area contributed by atoms with E-state index >= 15 is 0 Å². The van der Waals surface area contributed by atoms with Gasteiger partial charge in [-0.3, -0.25) is 4.79 Å². The van der Waals surface area contributed by atoms with Crippen LogP contribution in [0.15, 0.2) is 0 Å². The van der Waals surface area contributed by atoms with Crippen molar-refractivity contribution in [2.75, 3.05) is 19.6 Å². The van der Waals surface area contributed by atoms with E-state index in [-0.39, 0.29) is 11.8 Å². The van der Waals surface area contributed by atoms with Gasteiger partial charge in [0.15, 0.2) is 0 Å². The summed E-state index contributed by atoms with van der Waals surface area (Å²) in [5, 5.41) is 12.2. The van der Waals surface area contributed by atoms with Crippen LogP contribution in [0.4, 0.5) is 4.79 Å². The number of amides is 2. The van der Waals surface area contributed by atoms with Crippen molar-refractivity contribution in [3.63, 3.8) is 0 Å². The van der Waals surface area contributed by atoms with E-state index in [1.54, 1.807) is 0 Å². The standard InChI is InChI=1S/C17H28N2O3/c1-17(2)13-6-5-11(14(17)8-13)9-18-15(20)12-4-3-7-19(10-12)16(21)22/h11-14H,3-10H2,1-2H3,(H,18,20)(H,21,22)/t11-,12?,13-,14-/m0/s1. The molecule has 22 heavy (non-hydrogen) atoms. The normalized spacial score (nSPS) is 36.4. The van der Waals surface area contributed by atoms with Gasteiger partial charge in [0.05, 0.1) is 5.92 Å². The third-order valence-electron chi connectivity index (χ3n) is 6.60. The zero-order valence-electron chi connectivity index (χ0n) is 13.7. The van der Waals surface area contributed by atoms with Crippen LogP contribution in [0.25, 0.3) is 0 Å². The largest absolute Gasteiger partial charge is 0.465 e. The lowest BCUT2D eigenvalue weighted by Gasteiger charge is -2.60. The lowest BCUT2D eigenvalue weighted by molar-refractivity contribution is -0.129. The molecule has 3 saturated carbocycles. The second kappa shape index (κ2) is 5.74. The van der Waals surface area contributed by atoms with Gasteiger partial charge in [0, 0.05) is 19.6 Å². The van der Waals surface area contributed by atoms with E-state index in [2.05, 4.69) is 19.2 Å². The van der Waals surface area contributed by atoms with Crippen LogP contribution in [0, 0.1) is 29.1 Å². The first-order valence-corrected chi connectivity index (χ1v) is 8.65. The van der Waals surface area contributed by atoms with E-state index in [1.807, 2.05) is 0 Å². The van der Waals surface area contributed by atoms with Crippen LogP contribution in [0.3, 0.4) is 0 Å². The van der Waals surface area contributed by atoms with Crippen LogP contribution in [0.1, 0.15) is 46.0 Å². The summed E-state index contributed by atoms with van der Waals surface area (Å²) in [6, 6.07) is 0. The molecule has 1 saturated heterocycles. The van der Waals surface area contributed by atoms with Crippen LogP contribution >= 0.6 is 0 Å². The molecule has 0 aromatic rings. The molecule has 5 nitrogen and oxygen atoms in total. The summed E-state index contributed by atoms with van der Waals surface area (Å²) < 4.78 is 0. The SMILES string of the molecule is CC1(C)[C@H]2CC[C@@H](CNC(=O)C3CCCN(C(=O)O)C3)[C@@H]1C2. The van der Waals surface area contributed by atoms with Crippen molar-refractivity contribution >= 4 is 12.0 Å². The summed E-state index contributed by atoms with van der Waals surface area (Å²) in [5.41, 5.74) is 0.443. The van der Waals surface area contributed by atoms with Gasteiger partial charge in [-0.15, -0.1) is 0 Å². The van der Waals surface area contributed by atoms with Gasteiger partial charge in [-0.1, -0.05) is 13.8 Å². The molecule has 4 rings (SSSR count). The highest BCUT2D eigenvalue weighted by molar-refractivity contribution is 5.79. The topological polar surface area (TPSA) is 69.6 Å². The Labute approximate surface area is 132 Å². The maximum atomic E-state index is 12.4. The summed E-state index contributed by atoms with van der Waals surface area (Å²) in [7, 11) is 0. The van der Waals surface area contributed by atoms with Crippen molar-refractivity contribution < 1.29 is 14.7 Å². The molecular formula is C17H28N2O3. The summed E-state index contributed by atoms with van der Waals surface area (Å²) in [5.74, 6) is 2.10. The van der Waals surface area contributed by atoms with E-state index in [1.165, 1.54) is 24.2 Å². The second-order valence-corrected chi connectivity index (χ2v) is 8.01. The first-order chi connectivity index (χ1) is 10.4. The Morgan fingerprint density at radius 1 is 1.27 bits per heavy atom. The van der Waals surface area contributed by atoms with Crippen LogP contribution in [0.2, 0.25) is 0 Å². The Morgan fingerprint density at radius 2 is 2.05 bits per heavy atom. The lowest BCUT2D eigenvalue weighted by atomic mass is 9.45. The highest BCUT2D eigenvalue weighted by Gasteiger charge is 2.53. The van der Waals surface area contributed by atoms with Gasteiger partial charge in [-0.05, 0) is 55.3 Å². The Kier molecular flexibility index (Phi) is 4.08. The quantitative estimate of drug-likeness (QED) is 0.842. The van der Waals surface area contributed by atoms with Crippen molar-refractivity contribution in [2.45, 2.75) is 46.0 Å². The summed E-state index contributed by atoms with van der Waals surface area (Å²) in [6.07, 6.45) is 4.52. The van der Waals surface area contributed by atoms with Crippen molar-refractivity contribution in [3.05, 3.63) is 0 Å². The molecule has 4 fully saturated rings. The average molecular weight is 308 g/mol. The van der Waals surface area contributed by atoms with Gasteiger partial charge in [-0.2, -0.15) is 0 Å². The van der Waals surface area contributed by atoms with Crippen LogP contribution in [-0.4, -0.2) is 41.6 Å². The van der Waals surface area contributed by atoms with E-state index < -0.39 is 6.09 Å². The minimum absolute atomic E-state index is 0.0465. The van der Waals surface area contributed by atoms with Gasteiger partial charge < -0.3 is 15.3 Å². The molecular weight excluding hydrogens is 280 g/mol. The molecule has 3 aliphatic carbocycles. The lowest BCUT2D eigenvalue weighted by Crippen LogP contribution is -2.55. The Hall–Kier alpha value is -1.26. The Morgan fingerprint density at radius 3 is 2.68 bits per heavy atom.